The van der Waals surface area contributed by atoms with Gasteiger partial charge < -0.3 is 20.3 Å². The van der Waals surface area contributed by atoms with Crippen molar-refractivity contribution in [3.05, 3.63) is 88.4 Å². The second kappa shape index (κ2) is 9.85. The number of nitrogens with zero attached hydrogens (tertiary/aromatic N) is 1. The summed E-state index contributed by atoms with van der Waals surface area (Å²) >= 11 is 6.25. The molecule has 2 N–H and O–H groups in total. The minimum atomic E-state index is -0.311. The molecule has 0 spiro atoms. The molecule has 0 atom stereocenters. The first-order valence-electron chi connectivity index (χ1n) is 10.4. The zero-order valence-electron chi connectivity index (χ0n) is 17.7. The Bertz CT molecular complexity index is 1130. The van der Waals surface area contributed by atoms with Crippen molar-refractivity contribution >= 4 is 40.5 Å². The molecule has 1 fully saturated rings. The largest absolute Gasteiger partial charge is 0.378 e. The van der Waals surface area contributed by atoms with Gasteiger partial charge in [-0.1, -0.05) is 35.9 Å². The third-order valence-electron chi connectivity index (χ3n) is 5.26. The Morgan fingerprint density at radius 1 is 0.906 bits per heavy atom. The molecule has 2 amide bonds. The lowest BCUT2D eigenvalue weighted by atomic mass is 10.1. The summed E-state index contributed by atoms with van der Waals surface area (Å²) in [5.74, 6) is -0.528. The fourth-order valence-electron chi connectivity index (χ4n) is 3.58. The number of benzene rings is 3. The number of rotatable bonds is 5. The lowest BCUT2D eigenvalue weighted by Gasteiger charge is -2.31. The van der Waals surface area contributed by atoms with Gasteiger partial charge in [0.25, 0.3) is 11.8 Å². The molecule has 0 saturated carbocycles. The van der Waals surface area contributed by atoms with E-state index in [2.05, 4.69) is 15.5 Å². The number of amides is 2. The monoisotopic (exact) mass is 449 g/mol. The summed E-state index contributed by atoms with van der Waals surface area (Å²) < 4.78 is 5.46. The van der Waals surface area contributed by atoms with Crippen LogP contribution in [0.2, 0.25) is 5.02 Å². The van der Waals surface area contributed by atoms with E-state index in [1.807, 2.05) is 43.3 Å². The molecule has 1 heterocycles. The van der Waals surface area contributed by atoms with E-state index < -0.39 is 0 Å². The van der Waals surface area contributed by atoms with Gasteiger partial charge in [0.05, 0.1) is 35.2 Å². The highest BCUT2D eigenvalue weighted by atomic mass is 35.5. The average Bonchev–Trinajstić information content (AvgIpc) is 2.80. The highest BCUT2D eigenvalue weighted by Gasteiger charge is 2.18. The van der Waals surface area contributed by atoms with E-state index >= 15 is 0 Å². The zero-order valence-corrected chi connectivity index (χ0v) is 18.5. The van der Waals surface area contributed by atoms with Crippen molar-refractivity contribution in [3.8, 4) is 0 Å². The fraction of sp³-hybridized carbons (Fsp3) is 0.200. The van der Waals surface area contributed by atoms with Gasteiger partial charge >= 0.3 is 0 Å². The maximum atomic E-state index is 12.8. The van der Waals surface area contributed by atoms with Crippen LogP contribution in [0.4, 0.5) is 17.1 Å². The molecule has 1 aliphatic heterocycles. The van der Waals surface area contributed by atoms with E-state index in [4.69, 9.17) is 16.3 Å². The number of ether oxygens (including phenoxy) is 1. The summed E-state index contributed by atoms with van der Waals surface area (Å²) in [6.45, 7) is 4.60. The van der Waals surface area contributed by atoms with Gasteiger partial charge in [-0.3, -0.25) is 9.59 Å². The van der Waals surface area contributed by atoms with Crippen LogP contribution in [0, 0.1) is 6.92 Å². The summed E-state index contributed by atoms with van der Waals surface area (Å²) in [6.07, 6.45) is 0. The van der Waals surface area contributed by atoms with Gasteiger partial charge in [-0.05, 0) is 55.0 Å². The molecule has 1 aliphatic rings. The number of morpholine rings is 1. The number of carbonyl (C=O) groups is 2. The van der Waals surface area contributed by atoms with Gasteiger partial charge in [0.2, 0.25) is 0 Å². The summed E-state index contributed by atoms with van der Waals surface area (Å²) in [4.78, 5) is 27.8. The van der Waals surface area contributed by atoms with Crippen molar-refractivity contribution in [2.75, 3.05) is 41.8 Å². The Balaban J connectivity index is 1.61. The molecule has 6 nitrogen and oxygen atoms in total. The van der Waals surface area contributed by atoms with Crippen molar-refractivity contribution < 1.29 is 14.3 Å². The average molecular weight is 450 g/mol. The van der Waals surface area contributed by atoms with Crippen LogP contribution >= 0.6 is 11.6 Å². The Morgan fingerprint density at radius 3 is 2.38 bits per heavy atom. The number of hydrogen-bond donors (Lipinski definition) is 2. The maximum absolute atomic E-state index is 12.8. The molecular weight excluding hydrogens is 426 g/mol. The number of nitrogens with one attached hydrogen (secondary N) is 2. The van der Waals surface area contributed by atoms with Crippen LogP contribution in [0.5, 0.6) is 0 Å². The molecule has 7 heteroatoms. The first kappa shape index (κ1) is 21.9. The zero-order chi connectivity index (χ0) is 22.5. The minimum Gasteiger partial charge on any atom is -0.378 e. The quantitative estimate of drug-likeness (QED) is 0.575. The van der Waals surface area contributed by atoms with Crippen LogP contribution in [0.15, 0.2) is 66.7 Å². The highest BCUT2D eigenvalue weighted by Crippen LogP contribution is 2.31. The predicted molar refractivity (Wildman–Crippen MR) is 128 cm³/mol. The van der Waals surface area contributed by atoms with Gasteiger partial charge in [-0.2, -0.15) is 0 Å². The van der Waals surface area contributed by atoms with Crippen molar-refractivity contribution in [2.45, 2.75) is 6.92 Å². The number of halogens is 1. The molecule has 0 aromatic heterocycles. The predicted octanol–water partition coefficient (Wildman–Crippen LogP) is 4.99. The third-order valence-corrected chi connectivity index (χ3v) is 5.57. The lowest BCUT2D eigenvalue weighted by Crippen LogP contribution is -2.36. The second-order valence-corrected chi connectivity index (χ2v) is 8.00. The van der Waals surface area contributed by atoms with Crippen molar-refractivity contribution in [1.29, 1.82) is 0 Å². The van der Waals surface area contributed by atoms with Gasteiger partial charge in [0.1, 0.15) is 0 Å². The minimum absolute atomic E-state index is 0.217. The number of carbonyl (C=O) groups excluding carboxylic acids is 2. The Kier molecular flexibility index (Phi) is 6.73. The van der Waals surface area contributed by atoms with Gasteiger partial charge in [-0.25, -0.2) is 0 Å². The Labute approximate surface area is 192 Å². The summed E-state index contributed by atoms with van der Waals surface area (Å²) in [5.41, 5.74) is 3.99. The first-order chi connectivity index (χ1) is 15.5. The normalized spacial score (nSPS) is 13.5. The van der Waals surface area contributed by atoms with Gasteiger partial charge in [0, 0.05) is 24.3 Å². The first-order valence-corrected chi connectivity index (χ1v) is 10.8. The highest BCUT2D eigenvalue weighted by molar-refractivity contribution is 6.34. The molecule has 4 rings (SSSR count). The summed E-state index contributed by atoms with van der Waals surface area (Å²) in [5, 5.41) is 6.28. The van der Waals surface area contributed by atoms with Crippen molar-refractivity contribution in [3.63, 3.8) is 0 Å². The summed E-state index contributed by atoms with van der Waals surface area (Å²) in [6, 6.07) is 19.8. The van der Waals surface area contributed by atoms with Crippen LogP contribution in [0.25, 0.3) is 0 Å². The molecule has 0 aliphatic carbocycles. The number of aryl methyl sites for hydroxylation is 1. The third kappa shape index (κ3) is 5.10. The van der Waals surface area contributed by atoms with Crippen LogP contribution < -0.4 is 15.5 Å². The van der Waals surface area contributed by atoms with Gasteiger partial charge in [0.15, 0.2) is 0 Å². The van der Waals surface area contributed by atoms with E-state index in [1.165, 1.54) is 0 Å². The molecule has 32 heavy (non-hydrogen) atoms. The smallest absolute Gasteiger partial charge is 0.257 e. The fourth-order valence-corrected chi connectivity index (χ4v) is 3.90. The second-order valence-electron chi connectivity index (χ2n) is 7.59. The standard InChI is InChI=1S/C25H24ClN3O3/c1-17-7-9-20(21(26)15-17)25(31)27-19-8-10-23(29-11-13-32-14-12-29)22(16-19)28-24(30)18-5-3-2-4-6-18/h2-10,15-16H,11-14H2,1H3,(H,27,31)(H,28,30). The van der Waals surface area contributed by atoms with Crippen LogP contribution in [0.3, 0.4) is 0 Å². The Morgan fingerprint density at radius 2 is 1.66 bits per heavy atom. The topological polar surface area (TPSA) is 70.7 Å². The van der Waals surface area contributed by atoms with Crippen LogP contribution in [0.1, 0.15) is 26.3 Å². The molecule has 164 valence electrons. The lowest BCUT2D eigenvalue weighted by molar-refractivity contribution is 0.101. The molecular formula is C25H24ClN3O3. The molecule has 0 radical (unpaired) electrons. The van der Waals surface area contributed by atoms with Gasteiger partial charge in [-0.15, -0.1) is 0 Å². The van der Waals surface area contributed by atoms with E-state index in [-0.39, 0.29) is 11.8 Å². The number of hydrogen-bond acceptors (Lipinski definition) is 4. The van der Waals surface area contributed by atoms with E-state index in [1.54, 1.807) is 30.3 Å². The van der Waals surface area contributed by atoms with E-state index in [0.717, 1.165) is 24.3 Å². The molecule has 0 bridgehead atoms. The van der Waals surface area contributed by atoms with E-state index in [0.29, 0.717) is 40.7 Å². The SMILES string of the molecule is Cc1ccc(C(=O)Nc2ccc(N3CCOCC3)c(NC(=O)c3ccccc3)c2)c(Cl)c1. The molecule has 1 saturated heterocycles. The molecule has 3 aromatic carbocycles. The van der Waals surface area contributed by atoms with Crippen molar-refractivity contribution in [2.24, 2.45) is 0 Å². The summed E-state index contributed by atoms with van der Waals surface area (Å²) in [7, 11) is 0. The Hall–Kier alpha value is -3.35. The molecule has 3 aromatic rings. The number of anilines is 3. The van der Waals surface area contributed by atoms with Crippen LogP contribution in [-0.2, 0) is 4.74 Å². The van der Waals surface area contributed by atoms with E-state index in [9.17, 15) is 9.59 Å². The maximum Gasteiger partial charge on any atom is 0.257 e. The van der Waals surface area contributed by atoms with Crippen molar-refractivity contribution in [1.82, 2.24) is 0 Å². The van der Waals surface area contributed by atoms with Crippen LogP contribution in [-0.4, -0.2) is 38.1 Å². The molecule has 0 unspecified atom stereocenters.